The Morgan fingerprint density at radius 3 is 2.94 bits per heavy atom. The summed E-state index contributed by atoms with van der Waals surface area (Å²) in [6, 6.07) is 0. The molecule has 1 aromatic rings. The lowest BCUT2D eigenvalue weighted by Crippen LogP contribution is -2.25. The first-order valence-electron chi connectivity index (χ1n) is 6.37. The summed E-state index contributed by atoms with van der Waals surface area (Å²) >= 11 is 0. The lowest BCUT2D eigenvalue weighted by molar-refractivity contribution is 0.123. The van der Waals surface area contributed by atoms with Gasteiger partial charge in [0.1, 0.15) is 6.10 Å². The second-order valence-electron chi connectivity index (χ2n) is 4.94. The Bertz CT molecular complexity index is 381. The standard InChI is InChI=1S/C13H21N3O/c1-9-5-4-6-11(7-9)17-12-10(2)8-15-13(14-3)16-12/h8-9,11H,4-7H2,1-3H3,(H,14,15,16). The van der Waals surface area contributed by atoms with Crippen LogP contribution in [0.15, 0.2) is 6.20 Å². The molecule has 2 atom stereocenters. The maximum Gasteiger partial charge on any atom is 0.225 e. The van der Waals surface area contributed by atoms with Crippen LogP contribution in [-0.2, 0) is 0 Å². The molecule has 94 valence electrons. The molecule has 1 aliphatic rings. The van der Waals surface area contributed by atoms with Crippen molar-refractivity contribution in [1.82, 2.24) is 9.97 Å². The van der Waals surface area contributed by atoms with Gasteiger partial charge in [0.25, 0.3) is 0 Å². The Morgan fingerprint density at radius 1 is 1.41 bits per heavy atom. The van der Waals surface area contributed by atoms with E-state index in [9.17, 15) is 0 Å². The molecule has 0 spiro atoms. The molecule has 2 rings (SSSR count). The third kappa shape index (κ3) is 3.08. The number of aryl methyl sites for hydroxylation is 1. The van der Waals surface area contributed by atoms with Gasteiger partial charge in [-0.1, -0.05) is 13.3 Å². The van der Waals surface area contributed by atoms with Crippen LogP contribution in [0.3, 0.4) is 0 Å². The molecule has 4 nitrogen and oxygen atoms in total. The van der Waals surface area contributed by atoms with Crippen LogP contribution in [0.5, 0.6) is 5.88 Å². The zero-order valence-corrected chi connectivity index (χ0v) is 10.9. The zero-order valence-electron chi connectivity index (χ0n) is 10.9. The summed E-state index contributed by atoms with van der Waals surface area (Å²) in [4.78, 5) is 8.53. The van der Waals surface area contributed by atoms with Gasteiger partial charge in [0.05, 0.1) is 0 Å². The minimum absolute atomic E-state index is 0.317. The van der Waals surface area contributed by atoms with E-state index in [0.29, 0.717) is 12.1 Å². The quantitative estimate of drug-likeness (QED) is 0.875. The van der Waals surface area contributed by atoms with Crippen molar-refractivity contribution in [2.24, 2.45) is 5.92 Å². The molecule has 1 fully saturated rings. The van der Waals surface area contributed by atoms with Crippen molar-refractivity contribution >= 4 is 5.95 Å². The van der Waals surface area contributed by atoms with Crippen LogP contribution < -0.4 is 10.1 Å². The summed E-state index contributed by atoms with van der Waals surface area (Å²) in [6.07, 6.45) is 6.98. The Hall–Kier alpha value is -1.32. The number of aromatic nitrogens is 2. The summed E-state index contributed by atoms with van der Waals surface area (Å²) in [5.41, 5.74) is 1.00. The van der Waals surface area contributed by atoms with E-state index in [4.69, 9.17) is 4.74 Å². The molecule has 0 saturated heterocycles. The molecule has 1 aliphatic carbocycles. The molecule has 0 radical (unpaired) electrons. The number of rotatable bonds is 3. The monoisotopic (exact) mass is 235 g/mol. The Morgan fingerprint density at radius 2 is 2.24 bits per heavy atom. The van der Waals surface area contributed by atoms with Crippen molar-refractivity contribution < 1.29 is 4.74 Å². The van der Waals surface area contributed by atoms with Crippen LogP contribution in [-0.4, -0.2) is 23.1 Å². The van der Waals surface area contributed by atoms with Crippen LogP contribution in [0.1, 0.15) is 38.2 Å². The summed E-state index contributed by atoms with van der Waals surface area (Å²) in [6.45, 7) is 4.28. The molecule has 0 amide bonds. The number of hydrogen-bond donors (Lipinski definition) is 1. The highest BCUT2D eigenvalue weighted by atomic mass is 16.5. The van der Waals surface area contributed by atoms with Gasteiger partial charge < -0.3 is 10.1 Å². The molecule has 1 aromatic heterocycles. The maximum absolute atomic E-state index is 6.01. The lowest BCUT2D eigenvalue weighted by Gasteiger charge is -2.27. The van der Waals surface area contributed by atoms with E-state index in [0.717, 1.165) is 30.2 Å². The van der Waals surface area contributed by atoms with Gasteiger partial charge >= 0.3 is 0 Å². The van der Waals surface area contributed by atoms with Gasteiger partial charge in [-0.05, 0) is 32.1 Å². The van der Waals surface area contributed by atoms with E-state index in [1.807, 2.05) is 14.0 Å². The van der Waals surface area contributed by atoms with E-state index in [1.54, 1.807) is 6.20 Å². The molecule has 4 heteroatoms. The van der Waals surface area contributed by atoms with Gasteiger partial charge in [0.2, 0.25) is 11.8 Å². The second kappa shape index (κ2) is 5.34. The molecule has 2 unspecified atom stereocenters. The summed E-state index contributed by atoms with van der Waals surface area (Å²) in [5.74, 6) is 2.11. The molecule has 0 aromatic carbocycles. The lowest BCUT2D eigenvalue weighted by atomic mass is 9.89. The highest BCUT2D eigenvalue weighted by Crippen LogP contribution is 2.27. The van der Waals surface area contributed by atoms with Crippen LogP contribution in [0, 0.1) is 12.8 Å². The maximum atomic E-state index is 6.01. The molecule has 17 heavy (non-hydrogen) atoms. The Kier molecular flexibility index (Phi) is 3.82. The number of nitrogens with zero attached hydrogens (tertiary/aromatic N) is 2. The van der Waals surface area contributed by atoms with Crippen molar-refractivity contribution in [2.75, 3.05) is 12.4 Å². The normalized spacial score (nSPS) is 24.4. The number of ether oxygens (including phenoxy) is 1. The highest BCUT2D eigenvalue weighted by molar-refractivity contribution is 5.31. The molecule has 1 saturated carbocycles. The van der Waals surface area contributed by atoms with Crippen LogP contribution >= 0.6 is 0 Å². The summed E-state index contributed by atoms with van der Waals surface area (Å²) < 4.78 is 6.01. The van der Waals surface area contributed by atoms with E-state index in [1.165, 1.54) is 12.8 Å². The van der Waals surface area contributed by atoms with Crippen LogP contribution in [0.2, 0.25) is 0 Å². The molecule has 0 bridgehead atoms. The smallest absolute Gasteiger partial charge is 0.225 e. The van der Waals surface area contributed by atoms with Gasteiger partial charge in [-0.3, -0.25) is 0 Å². The van der Waals surface area contributed by atoms with E-state index in [2.05, 4.69) is 22.2 Å². The van der Waals surface area contributed by atoms with E-state index >= 15 is 0 Å². The number of hydrogen-bond acceptors (Lipinski definition) is 4. The van der Waals surface area contributed by atoms with E-state index in [-0.39, 0.29) is 0 Å². The van der Waals surface area contributed by atoms with Gasteiger partial charge in [0.15, 0.2) is 0 Å². The SMILES string of the molecule is CNc1ncc(C)c(OC2CCCC(C)C2)n1. The number of nitrogens with one attached hydrogen (secondary N) is 1. The van der Waals surface area contributed by atoms with Crippen molar-refractivity contribution in [3.63, 3.8) is 0 Å². The third-order valence-electron chi connectivity index (χ3n) is 3.32. The first-order valence-corrected chi connectivity index (χ1v) is 6.37. The van der Waals surface area contributed by atoms with Gasteiger partial charge in [0, 0.05) is 18.8 Å². The van der Waals surface area contributed by atoms with E-state index < -0.39 is 0 Å². The fraction of sp³-hybridized carbons (Fsp3) is 0.692. The minimum Gasteiger partial charge on any atom is -0.474 e. The van der Waals surface area contributed by atoms with Gasteiger partial charge in [-0.2, -0.15) is 4.98 Å². The predicted octanol–water partition coefficient (Wildman–Crippen LogP) is 2.78. The Balaban J connectivity index is 2.06. The molecule has 1 heterocycles. The van der Waals surface area contributed by atoms with Gasteiger partial charge in [-0.15, -0.1) is 0 Å². The summed E-state index contributed by atoms with van der Waals surface area (Å²) in [5, 5.41) is 2.94. The van der Waals surface area contributed by atoms with Crippen molar-refractivity contribution in [1.29, 1.82) is 0 Å². The topological polar surface area (TPSA) is 47.0 Å². The zero-order chi connectivity index (χ0) is 12.3. The molecular weight excluding hydrogens is 214 g/mol. The van der Waals surface area contributed by atoms with Crippen molar-refractivity contribution in [2.45, 2.75) is 45.6 Å². The number of anilines is 1. The average molecular weight is 235 g/mol. The average Bonchev–Trinajstić information content (AvgIpc) is 2.32. The fourth-order valence-electron chi connectivity index (χ4n) is 2.31. The third-order valence-corrected chi connectivity index (χ3v) is 3.32. The van der Waals surface area contributed by atoms with Crippen LogP contribution in [0.25, 0.3) is 0 Å². The Labute approximate surface area is 103 Å². The fourth-order valence-corrected chi connectivity index (χ4v) is 2.31. The molecule has 1 N–H and O–H groups in total. The first kappa shape index (κ1) is 12.1. The molecule has 0 aliphatic heterocycles. The summed E-state index contributed by atoms with van der Waals surface area (Å²) in [7, 11) is 1.82. The first-order chi connectivity index (χ1) is 8.19. The largest absolute Gasteiger partial charge is 0.474 e. The molecular formula is C13H21N3O. The van der Waals surface area contributed by atoms with Crippen molar-refractivity contribution in [3.8, 4) is 5.88 Å². The van der Waals surface area contributed by atoms with Gasteiger partial charge in [-0.25, -0.2) is 4.98 Å². The van der Waals surface area contributed by atoms with Crippen LogP contribution in [0.4, 0.5) is 5.95 Å². The minimum atomic E-state index is 0.317. The highest BCUT2D eigenvalue weighted by Gasteiger charge is 2.21. The predicted molar refractivity (Wildman–Crippen MR) is 68.4 cm³/mol. The van der Waals surface area contributed by atoms with Crippen molar-refractivity contribution in [3.05, 3.63) is 11.8 Å². The second-order valence-corrected chi connectivity index (χ2v) is 4.94.